The summed E-state index contributed by atoms with van der Waals surface area (Å²) in [6, 6.07) is 4.69. The van der Waals surface area contributed by atoms with Crippen LogP contribution in [-0.4, -0.2) is 53.6 Å². The topological polar surface area (TPSA) is 71.4 Å². The maximum Gasteiger partial charge on any atom is 0.327 e. The third kappa shape index (κ3) is 2.03. The molecule has 0 aromatic heterocycles. The zero-order valence-corrected chi connectivity index (χ0v) is 15.4. The fourth-order valence-electron chi connectivity index (χ4n) is 6.07. The van der Waals surface area contributed by atoms with E-state index in [4.69, 9.17) is 14.0 Å². The van der Waals surface area contributed by atoms with Crippen LogP contribution in [0.5, 0.6) is 11.5 Å². The van der Waals surface area contributed by atoms with Gasteiger partial charge in [-0.2, -0.15) is 0 Å². The molecule has 2 N–H and O–H groups in total. The lowest BCUT2D eigenvalue weighted by atomic mass is 9.51. The fraction of sp³-hybridized carbons (Fsp3) is 0.667. The highest BCUT2D eigenvalue weighted by molar-refractivity contribution is 7.39. The number of benzene rings is 1. The van der Waals surface area contributed by atoms with E-state index in [1.807, 2.05) is 6.07 Å². The van der Waals surface area contributed by atoms with Gasteiger partial charge in [-0.1, -0.05) is 6.07 Å². The van der Waals surface area contributed by atoms with Gasteiger partial charge in [0, 0.05) is 17.0 Å². The van der Waals surface area contributed by atoms with Gasteiger partial charge in [-0.05, 0) is 56.8 Å². The molecule has 2 fully saturated rings. The van der Waals surface area contributed by atoms with Crippen molar-refractivity contribution in [3.8, 4) is 11.5 Å². The molecule has 0 amide bonds. The molecule has 5 atom stereocenters. The zero-order chi connectivity index (χ0) is 17.3. The summed E-state index contributed by atoms with van der Waals surface area (Å²) in [5.41, 5.74) is 2.56. The van der Waals surface area contributed by atoms with Crippen molar-refractivity contribution in [3.63, 3.8) is 0 Å². The van der Waals surface area contributed by atoms with Gasteiger partial charge in [0.05, 0.1) is 7.11 Å². The Morgan fingerprint density at radius 2 is 2.16 bits per heavy atom. The lowest BCUT2D eigenvalue weighted by molar-refractivity contribution is -0.0933. The Bertz CT molecular complexity index is 713. The van der Waals surface area contributed by atoms with Crippen LogP contribution in [0.2, 0.25) is 0 Å². The molecule has 6 nitrogen and oxygen atoms in total. The normalized spacial score (nSPS) is 38.4. The molecule has 4 aliphatic rings. The highest BCUT2D eigenvalue weighted by Gasteiger charge is 2.66. The second kappa shape index (κ2) is 5.54. The predicted molar refractivity (Wildman–Crippen MR) is 92.8 cm³/mol. The Balaban J connectivity index is 1.70. The summed E-state index contributed by atoms with van der Waals surface area (Å²) in [5.74, 6) is 2.14. The van der Waals surface area contributed by atoms with Crippen LogP contribution in [0.4, 0.5) is 0 Å². The molecule has 2 bridgehead atoms. The molecule has 2 aliphatic heterocycles. The van der Waals surface area contributed by atoms with Crippen molar-refractivity contribution < 1.29 is 23.8 Å². The van der Waals surface area contributed by atoms with Crippen molar-refractivity contribution in [1.82, 2.24) is 4.90 Å². The van der Waals surface area contributed by atoms with Crippen molar-refractivity contribution in [1.29, 1.82) is 0 Å². The molecular formula is C18H24NO5P. The van der Waals surface area contributed by atoms with Crippen molar-refractivity contribution in [2.75, 3.05) is 20.7 Å². The minimum atomic E-state index is -2.39. The van der Waals surface area contributed by atoms with E-state index < -0.39 is 8.60 Å². The summed E-state index contributed by atoms with van der Waals surface area (Å²) in [5, 5.41) is 0. The summed E-state index contributed by atoms with van der Waals surface area (Å²) in [6.07, 6.45) is 3.42. The van der Waals surface area contributed by atoms with Gasteiger partial charge in [-0.25, -0.2) is 0 Å². The van der Waals surface area contributed by atoms with E-state index in [9.17, 15) is 9.79 Å². The molecule has 0 unspecified atom stereocenters. The lowest BCUT2D eigenvalue weighted by Gasteiger charge is -2.58. The standard InChI is InChI=1S/C18H24NO5P/c1-19-8-7-18-11-4-6-14(24-25(20)21)17(18)23-16-13(22-2)5-3-10(15(16)18)9-12(11)19/h3,5,11-12,14,17,20-21H,4,6-9H2,1-2H3/t11-,12+,14-,17-,18-/m0/s1. The van der Waals surface area contributed by atoms with Gasteiger partial charge in [0.15, 0.2) is 11.5 Å². The third-order valence-electron chi connectivity index (χ3n) is 6.97. The fourth-order valence-corrected chi connectivity index (χ4v) is 6.53. The largest absolute Gasteiger partial charge is 0.493 e. The molecule has 1 spiro atoms. The van der Waals surface area contributed by atoms with Gasteiger partial charge < -0.3 is 28.7 Å². The maximum absolute atomic E-state index is 9.45. The van der Waals surface area contributed by atoms with Crippen LogP contribution in [0.15, 0.2) is 12.1 Å². The number of hydrogen-bond acceptors (Lipinski definition) is 6. The Labute approximate surface area is 148 Å². The summed E-state index contributed by atoms with van der Waals surface area (Å²) in [6.45, 7) is 1.02. The summed E-state index contributed by atoms with van der Waals surface area (Å²) >= 11 is 0. The van der Waals surface area contributed by atoms with Crippen LogP contribution in [0.3, 0.4) is 0 Å². The van der Waals surface area contributed by atoms with E-state index in [0.29, 0.717) is 12.0 Å². The van der Waals surface area contributed by atoms with E-state index in [1.54, 1.807) is 7.11 Å². The minimum absolute atomic E-state index is 0.0944. The monoisotopic (exact) mass is 365 g/mol. The average molecular weight is 365 g/mol. The highest BCUT2D eigenvalue weighted by Crippen LogP contribution is 2.64. The van der Waals surface area contributed by atoms with Gasteiger partial charge in [0.1, 0.15) is 12.2 Å². The first-order valence-electron chi connectivity index (χ1n) is 8.98. The van der Waals surface area contributed by atoms with E-state index >= 15 is 0 Å². The molecule has 2 aliphatic carbocycles. The lowest BCUT2D eigenvalue weighted by Crippen LogP contribution is -2.66. The summed E-state index contributed by atoms with van der Waals surface area (Å²) < 4.78 is 17.6. The Kier molecular flexibility index (Phi) is 3.61. The minimum Gasteiger partial charge on any atom is -0.493 e. The van der Waals surface area contributed by atoms with Gasteiger partial charge >= 0.3 is 8.60 Å². The Hall–Kier alpha value is -0.910. The quantitative estimate of drug-likeness (QED) is 0.798. The Morgan fingerprint density at radius 3 is 2.92 bits per heavy atom. The molecule has 0 radical (unpaired) electrons. The van der Waals surface area contributed by atoms with Crippen molar-refractivity contribution in [3.05, 3.63) is 23.3 Å². The van der Waals surface area contributed by atoms with Crippen LogP contribution in [0, 0.1) is 5.92 Å². The molecule has 1 saturated carbocycles. The number of nitrogens with zero attached hydrogens (tertiary/aromatic N) is 1. The van der Waals surface area contributed by atoms with Gasteiger partial charge in [0.25, 0.3) is 0 Å². The Morgan fingerprint density at radius 1 is 1.32 bits per heavy atom. The maximum atomic E-state index is 9.45. The van der Waals surface area contributed by atoms with Gasteiger partial charge in [-0.15, -0.1) is 0 Å². The van der Waals surface area contributed by atoms with E-state index in [0.717, 1.165) is 43.7 Å². The SMILES string of the molecule is COc1ccc2c3c1O[C@H]1[C@@H](OP(O)O)CC[C@H]4[C@@H](C2)N(C)CC[C@@]341. The van der Waals surface area contributed by atoms with E-state index in [-0.39, 0.29) is 17.6 Å². The second-order valence-corrected chi connectivity index (χ2v) is 8.51. The predicted octanol–water partition coefficient (Wildman–Crippen LogP) is 1.96. The van der Waals surface area contributed by atoms with Crippen LogP contribution in [-0.2, 0) is 16.4 Å². The number of rotatable bonds is 3. The molecular weight excluding hydrogens is 341 g/mol. The van der Waals surface area contributed by atoms with Gasteiger partial charge in [0.2, 0.25) is 0 Å². The molecule has 136 valence electrons. The number of piperidine rings is 1. The summed E-state index contributed by atoms with van der Waals surface area (Å²) in [4.78, 5) is 21.4. The van der Waals surface area contributed by atoms with Crippen molar-refractivity contribution in [2.45, 2.75) is 49.3 Å². The average Bonchev–Trinajstić information content (AvgIpc) is 2.94. The molecule has 1 aromatic carbocycles. The van der Waals surface area contributed by atoms with Crippen LogP contribution in [0.1, 0.15) is 30.4 Å². The number of methoxy groups -OCH3 is 1. The van der Waals surface area contributed by atoms with Gasteiger partial charge in [-0.3, -0.25) is 0 Å². The van der Waals surface area contributed by atoms with Crippen molar-refractivity contribution >= 4 is 8.60 Å². The molecule has 7 heteroatoms. The number of likely N-dealkylation sites (tertiary alicyclic amines) is 1. The molecule has 1 aromatic rings. The van der Waals surface area contributed by atoms with Crippen LogP contribution < -0.4 is 9.47 Å². The number of hydrogen-bond donors (Lipinski definition) is 2. The van der Waals surface area contributed by atoms with Crippen LogP contribution >= 0.6 is 8.60 Å². The first kappa shape index (κ1) is 16.3. The zero-order valence-electron chi connectivity index (χ0n) is 14.5. The number of ether oxygens (including phenoxy) is 2. The van der Waals surface area contributed by atoms with E-state index in [2.05, 4.69) is 18.0 Å². The smallest absolute Gasteiger partial charge is 0.327 e. The molecule has 2 heterocycles. The second-order valence-electron chi connectivity index (χ2n) is 7.79. The first-order chi connectivity index (χ1) is 12.1. The highest BCUT2D eigenvalue weighted by atomic mass is 31.2. The van der Waals surface area contributed by atoms with E-state index in [1.165, 1.54) is 11.1 Å². The third-order valence-corrected chi connectivity index (χ3v) is 7.43. The summed E-state index contributed by atoms with van der Waals surface area (Å²) in [7, 11) is 1.51. The molecule has 1 saturated heterocycles. The first-order valence-corrected chi connectivity index (χ1v) is 10.1. The number of likely N-dealkylation sites (N-methyl/N-ethyl adjacent to an activating group) is 1. The molecule has 5 rings (SSSR count). The molecule has 25 heavy (non-hydrogen) atoms. The van der Waals surface area contributed by atoms with Crippen LogP contribution in [0.25, 0.3) is 0 Å². The van der Waals surface area contributed by atoms with Crippen molar-refractivity contribution in [2.24, 2.45) is 5.92 Å².